The molecule has 27 heavy (non-hydrogen) atoms. The molecule has 6 nitrogen and oxygen atoms in total. The van der Waals surface area contributed by atoms with Gasteiger partial charge in [0.25, 0.3) is 0 Å². The first kappa shape index (κ1) is 19.1. The zero-order valence-electron chi connectivity index (χ0n) is 14.5. The predicted octanol–water partition coefficient (Wildman–Crippen LogP) is 3.49. The van der Waals surface area contributed by atoms with Gasteiger partial charge in [0.05, 0.1) is 17.8 Å². The van der Waals surface area contributed by atoms with Gasteiger partial charge < -0.3 is 10.1 Å². The van der Waals surface area contributed by atoms with E-state index in [1.165, 1.54) is 30.6 Å². The van der Waals surface area contributed by atoms with Gasteiger partial charge >= 0.3 is 5.97 Å². The quantitative estimate of drug-likeness (QED) is 0.637. The van der Waals surface area contributed by atoms with Gasteiger partial charge in [-0.3, -0.25) is 4.79 Å². The maximum atomic E-state index is 12.3. The molecule has 0 radical (unpaired) electrons. The summed E-state index contributed by atoms with van der Waals surface area (Å²) in [6.45, 7) is 0. The number of carbonyl (C=O) groups excluding carboxylic acids is 2. The molecule has 1 heterocycles. The Morgan fingerprint density at radius 3 is 2.41 bits per heavy atom. The molecule has 1 amide bonds. The van der Waals surface area contributed by atoms with Gasteiger partial charge in [0.15, 0.2) is 9.84 Å². The number of fused-ring (bicyclic) bond motifs is 1. The van der Waals surface area contributed by atoms with Crippen molar-refractivity contribution in [2.75, 3.05) is 18.2 Å². The number of esters is 1. The van der Waals surface area contributed by atoms with Crippen molar-refractivity contribution in [3.63, 3.8) is 0 Å². The first-order chi connectivity index (χ1) is 12.9. The van der Waals surface area contributed by atoms with Crippen molar-refractivity contribution in [2.45, 2.75) is 11.3 Å². The lowest BCUT2D eigenvalue weighted by molar-refractivity contribution is -0.115. The van der Waals surface area contributed by atoms with E-state index in [9.17, 15) is 18.0 Å². The fourth-order valence-electron chi connectivity index (χ4n) is 2.60. The van der Waals surface area contributed by atoms with Crippen LogP contribution in [0.5, 0.6) is 0 Å². The Morgan fingerprint density at radius 1 is 1.04 bits per heavy atom. The third kappa shape index (κ3) is 4.17. The molecular formula is C19H17NO5S2. The summed E-state index contributed by atoms with van der Waals surface area (Å²) in [7, 11) is -2.28. The number of hydrogen-bond donors (Lipinski definition) is 1. The molecule has 8 heteroatoms. The number of hydrogen-bond acceptors (Lipinski definition) is 6. The molecule has 1 N–H and O–H groups in total. The lowest BCUT2D eigenvalue weighted by atomic mass is 10.1. The van der Waals surface area contributed by atoms with Gasteiger partial charge in [-0.25, -0.2) is 13.2 Å². The topological polar surface area (TPSA) is 89.5 Å². The highest BCUT2D eigenvalue weighted by Gasteiger charge is 2.22. The maximum Gasteiger partial charge on any atom is 0.341 e. The molecule has 1 aromatic heterocycles. The van der Waals surface area contributed by atoms with Gasteiger partial charge in [0.1, 0.15) is 10.6 Å². The summed E-state index contributed by atoms with van der Waals surface area (Å²) >= 11 is 1.24. The molecule has 0 bridgehead atoms. The largest absolute Gasteiger partial charge is 0.465 e. The smallest absolute Gasteiger partial charge is 0.341 e. The van der Waals surface area contributed by atoms with E-state index in [1.807, 2.05) is 12.1 Å². The van der Waals surface area contributed by atoms with Gasteiger partial charge in [0, 0.05) is 16.5 Å². The second-order valence-electron chi connectivity index (χ2n) is 5.72. The van der Waals surface area contributed by atoms with E-state index in [2.05, 4.69) is 5.32 Å². The van der Waals surface area contributed by atoms with E-state index in [-0.39, 0.29) is 22.6 Å². The highest BCUT2D eigenvalue weighted by atomic mass is 32.2. The van der Waals surface area contributed by atoms with Crippen molar-refractivity contribution in [1.82, 2.24) is 0 Å². The van der Waals surface area contributed by atoms with Gasteiger partial charge in [-0.1, -0.05) is 36.4 Å². The summed E-state index contributed by atoms with van der Waals surface area (Å²) in [5, 5.41) is 3.69. The molecule has 140 valence electrons. The standard InChI is InChI=1S/C19H17NO5S2/c1-25-19(22)17-14-9-5-6-10-15(14)26-18(17)20-16(21)11-12-27(23,24)13-7-3-2-4-8-13/h2-10H,11-12H2,1H3,(H,20,21). The Kier molecular flexibility index (Phi) is 5.57. The van der Waals surface area contributed by atoms with Crippen LogP contribution < -0.4 is 5.32 Å². The van der Waals surface area contributed by atoms with Crippen LogP contribution in [0.3, 0.4) is 0 Å². The Bertz CT molecular complexity index is 1090. The molecule has 0 aliphatic carbocycles. The fourth-order valence-corrected chi connectivity index (χ4v) is 4.97. The molecule has 0 saturated carbocycles. The number of methoxy groups -OCH3 is 1. The average Bonchev–Trinajstić information content (AvgIpc) is 3.04. The highest BCUT2D eigenvalue weighted by molar-refractivity contribution is 7.91. The number of anilines is 1. The minimum atomic E-state index is -3.55. The summed E-state index contributed by atoms with van der Waals surface area (Å²) in [6, 6.07) is 15.2. The minimum absolute atomic E-state index is 0.176. The first-order valence-electron chi connectivity index (χ1n) is 8.10. The number of sulfone groups is 1. The lowest BCUT2D eigenvalue weighted by Gasteiger charge is -2.07. The summed E-state index contributed by atoms with van der Waals surface area (Å²) < 4.78 is 30.2. The molecule has 3 rings (SSSR count). The fraction of sp³-hybridized carbons (Fsp3) is 0.158. The van der Waals surface area contributed by atoms with Gasteiger partial charge in [-0.05, 0) is 18.2 Å². The number of carbonyl (C=O) groups is 2. The molecule has 0 aliphatic heterocycles. The van der Waals surface area contributed by atoms with Crippen LogP contribution in [0.25, 0.3) is 10.1 Å². The van der Waals surface area contributed by atoms with Gasteiger partial charge in [0.2, 0.25) is 5.91 Å². The van der Waals surface area contributed by atoms with Crippen LogP contribution in [0.15, 0.2) is 59.5 Å². The summed E-state index contributed by atoms with van der Waals surface area (Å²) in [4.78, 5) is 24.6. The second-order valence-corrected chi connectivity index (χ2v) is 8.89. The molecular weight excluding hydrogens is 386 g/mol. The number of thiophene rings is 1. The Balaban J connectivity index is 1.78. The maximum absolute atomic E-state index is 12.3. The van der Waals surface area contributed by atoms with Crippen molar-refractivity contribution in [1.29, 1.82) is 0 Å². The van der Waals surface area contributed by atoms with E-state index in [1.54, 1.807) is 30.3 Å². The van der Waals surface area contributed by atoms with Crippen LogP contribution in [0, 0.1) is 0 Å². The van der Waals surface area contributed by atoms with Crippen molar-refractivity contribution in [3.8, 4) is 0 Å². The molecule has 3 aromatic rings. The molecule has 0 atom stereocenters. The summed E-state index contributed by atoms with van der Waals surface area (Å²) in [5.74, 6) is -1.35. The van der Waals surface area contributed by atoms with E-state index in [4.69, 9.17) is 4.74 Å². The molecule has 2 aromatic carbocycles. The summed E-state index contributed by atoms with van der Waals surface area (Å²) in [6.07, 6.45) is -0.216. The van der Waals surface area contributed by atoms with Crippen LogP contribution >= 0.6 is 11.3 Å². The molecule has 0 aliphatic rings. The van der Waals surface area contributed by atoms with Crippen LogP contribution in [-0.4, -0.2) is 33.2 Å². The van der Waals surface area contributed by atoms with E-state index >= 15 is 0 Å². The van der Waals surface area contributed by atoms with Crippen molar-refractivity contribution in [2.24, 2.45) is 0 Å². The monoisotopic (exact) mass is 403 g/mol. The van der Waals surface area contributed by atoms with Crippen LogP contribution in [0.4, 0.5) is 5.00 Å². The third-order valence-corrected chi connectivity index (χ3v) is 6.76. The lowest BCUT2D eigenvalue weighted by Crippen LogP contribution is -2.18. The molecule has 0 saturated heterocycles. The van der Waals surface area contributed by atoms with Crippen molar-refractivity contribution < 1.29 is 22.7 Å². The van der Waals surface area contributed by atoms with Crippen molar-refractivity contribution in [3.05, 3.63) is 60.2 Å². The average molecular weight is 403 g/mol. The van der Waals surface area contributed by atoms with Gasteiger partial charge in [-0.2, -0.15) is 0 Å². The first-order valence-corrected chi connectivity index (χ1v) is 10.6. The van der Waals surface area contributed by atoms with Crippen LogP contribution in [0.1, 0.15) is 16.8 Å². The van der Waals surface area contributed by atoms with Crippen LogP contribution in [-0.2, 0) is 19.4 Å². The number of nitrogens with one attached hydrogen (secondary N) is 1. The molecule has 0 unspecified atom stereocenters. The zero-order chi connectivity index (χ0) is 19.4. The summed E-state index contributed by atoms with van der Waals surface area (Å²) in [5.41, 5.74) is 0.275. The van der Waals surface area contributed by atoms with E-state index < -0.39 is 21.7 Å². The molecule has 0 fully saturated rings. The number of benzene rings is 2. The van der Waals surface area contributed by atoms with Crippen LogP contribution in [0.2, 0.25) is 0 Å². The van der Waals surface area contributed by atoms with E-state index in [0.29, 0.717) is 10.4 Å². The highest BCUT2D eigenvalue weighted by Crippen LogP contribution is 2.36. The van der Waals surface area contributed by atoms with Gasteiger partial charge in [-0.15, -0.1) is 11.3 Å². The third-order valence-electron chi connectivity index (χ3n) is 3.94. The normalized spacial score (nSPS) is 11.3. The second kappa shape index (κ2) is 7.89. The Morgan fingerprint density at radius 2 is 1.70 bits per heavy atom. The Labute approximate surface area is 160 Å². The predicted molar refractivity (Wildman–Crippen MR) is 105 cm³/mol. The number of rotatable bonds is 6. The van der Waals surface area contributed by atoms with Crippen molar-refractivity contribution >= 4 is 48.1 Å². The Hall–Kier alpha value is -2.71. The minimum Gasteiger partial charge on any atom is -0.465 e. The molecule has 0 spiro atoms. The number of ether oxygens (including phenoxy) is 1. The SMILES string of the molecule is COC(=O)c1c(NC(=O)CCS(=O)(=O)c2ccccc2)sc2ccccc12. The number of amides is 1. The van der Waals surface area contributed by atoms with E-state index in [0.717, 1.165) is 4.70 Å². The zero-order valence-corrected chi connectivity index (χ0v) is 16.1.